The van der Waals surface area contributed by atoms with Crippen molar-refractivity contribution in [1.82, 2.24) is 0 Å². The Bertz CT molecular complexity index is 318. The van der Waals surface area contributed by atoms with E-state index in [9.17, 15) is 9.59 Å². The molecule has 0 aromatic carbocycles. The molecule has 1 fully saturated rings. The lowest BCUT2D eigenvalue weighted by Crippen LogP contribution is -2.32. The summed E-state index contributed by atoms with van der Waals surface area (Å²) in [5.74, 6) is -1.90. The molecule has 0 aromatic rings. The van der Waals surface area contributed by atoms with Crippen molar-refractivity contribution in [1.29, 1.82) is 0 Å². The molecule has 2 atom stereocenters. The van der Waals surface area contributed by atoms with Crippen LogP contribution in [0.2, 0.25) is 0 Å². The first-order chi connectivity index (χ1) is 6.06. The van der Waals surface area contributed by atoms with Crippen molar-refractivity contribution in [3.05, 3.63) is 11.6 Å². The fourth-order valence-corrected chi connectivity index (χ4v) is 2.45. The van der Waals surface area contributed by atoms with Crippen LogP contribution in [0.1, 0.15) is 19.3 Å². The molecule has 70 valence electrons. The predicted molar refractivity (Wildman–Crippen MR) is 43.1 cm³/mol. The zero-order valence-corrected chi connectivity index (χ0v) is 6.99. The maximum Gasteiger partial charge on any atom is 0.332 e. The molecule has 2 aliphatic rings. The highest BCUT2D eigenvalue weighted by atomic mass is 16.4. The van der Waals surface area contributed by atoms with Crippen LogP contribution in [0.3, 0.4) is 0 Å². The summed E-state index contributed by atoms with van der Waals surface area (Å²) in [6, 6.07) is 0. The van der Waals surface area contributed by atoms with Gasteiger partial charge in [-0.05, 0) is 25.2 Å². The summed E-state index contributed by atoms with van der Waals surface area (Å²) in [7, 11) is 0. The lowest BCUT2D eigenvalue weighted by Gasteiger charge is -2.21. The fraction of sp³-hybridized carbons (Fsp3) is 0.556. The van der Waals surface area contributed by atoms with Gasteiger partial charge in [0, 0.05) is 0 Å². The summed E-state index contributed by atoms with van der Waals surface area (Å²) in [4.78, 5) is 21.8. The first-order valence-electron chi connectivity index (χ1n) is 4.25. The number of allylic oxidation sites excluding steroid dienone is 1. The highest BCUT2D eigenvalue weighted by molar-refractivity contribution is 5.98. The van der Waals surface area contributed by atoms with Gasteiger partial charge in [-0.1, -0.05) is 6.08 Å². The Morgan fingerprint density at radius 2 is 2.15 bits per heavy atom. The van der Waals surface area contributed by atoms with E-state index in [1.807, 2.05) is 0 Å². The second-order valence-electron chi connectivity index (χ2n) is 3.78. The average molecular weight is 182 g/mol. The number of fused-ring (bicyclic) bond motifs is 2. The van der Waals surface area contributed by atoms with E-state index in [0.29, 0.717) is 12.8 Å². The smallest absolute Gasteiger partial charge is 0.332 e. The molecule has 2 N–H and O–H groups in total. The van der Waals surface area contributed by atoms with Crippen molar-refractivity contribution in [2.24, 2.45) is 11.3 Å². The van der Waals surface area contributed by atoms with Crippen LogP contribution in [0.25, 0.3) is 0 Å². The van der Waals surface area contributed by atoms with Crippen LogP contribution in [0, 0.1) is 11.3 Å². The molecule has 0 spiro atoms. The van der Waals surface area contributed by atoms with Gasteiger partial charge < -0.3 is 10.2 Å². The van der Waals surface area contributed by atoms with Crippen molar-refractivity contribution < 1.29 is 19.8 Å². The molecule has 2 rings (SSSR count). The van der Waals surface area contributed by atoms with Crippen molar-refractivity contribution in [3.63, 3.8) is 0 Å². The molecule has 0 heterocycles. The third-order valence-electron chi connectivity index (χ3n) is 3.11. The van der Waals surface area contributed by atoms with Crippen LogP contribution >= 0.6 is 0 Å². The van der Waals surface area contributed by atoms with E-state index in [2.05, 4.69) is 0 Å². The van der Waals surface area contributed by atoms with Gasteiger partial charge in [-0.3, -0.25) is 4.79 Å². The van der Waals surface area contributed by atoms with E-state index in [0.717, 1.165) is 6.42 Å². The second-order valence-corrected chi connectivity index (χ2v) is 3.78. The van der Waals surface area contributed by atoms with Crippen molar-refractivity contribution in [3.8, 4) is 0 Å². The number of rotatable bonds is 2. The van der Waals surface area contributed by atoms with Gasteiger partial charge in [-0.2, -0.15) is 0 Å². The van der Waals surface area contributed by atoms with Gasteiger partial charge >= 0.3 is 11.9 Å². The second kappa shape index (κ2) is 2.34. The minimum atomic E-state index is -1.08. The lowest BCUT2D eigenvalue weighted by atomic mass is 9.80. The summed E-state index contributed by atoms with van der Waals surface area (Å²) in [5.41, 5.74) is -0.979. The molecule has 4 heteroatoms. The number of carboxylic acids is 2. The number of hydrogen-bond donors (Lipinski definition) is 2. The highest BCUT2D eigenvalue weighted by Crippen LogP contribution is 2.53. The molecule has 0 saturated heterocycles. The Labute approximate surface area is 74.9 Å². The van der Waals surface area contributed by atoms with Gasteiger partial charge in [0.2, 0.25) is 0 Å². The molecular formula is C9H10O4. The minimum Gasteiger partial charge on any atom is -0.481 e. The van der Waals surface area contributed by atoms with Gasteiger partial charge in [0.15, 0.2) is 0 Å². The van der Waals surface area contributed by atoms with Crippen LogP contribution in [0.4, 0.5) is 0 Å². The quantitative estimate of drug-likeness (QED) is 0.664. The van der Waals surface area contributed by atoms with Crippen LogP contribution in [0.5, 0.6) is 0 Å². The van der Waals surface area contributed by atoms with Crippen LogP contribution in [0.15, 0.2) is 11.6 Å². The topological polar surface area (TPSA) is 74.6 Å². The standard InChI is InChI=1S/C9H10O4/c10-7(11)6-3-5-1-2-9(6,4-5)8(12)13/h3,5H,1-2,4H2,(H,10,11)(H,12,13). The molecule has 2 bridgehead atoms. The number of carbonyl (C=O) groups is 2. The van der Waals surface area contributed by atoms with E-state index in [1.54, 1.807) is 6.08 Å². The molecule has 13 heavy (non-hydrogen) atoms. The Balaban J connectivity index is 2.44. The number of aliphatic carboxylic acids is 2. The maximum atomic E-state index is 11.0. The molecule has 2 aliphatic carbocycles. The van der Waals surface area contributed by atoms with Crippen LogP contribution in [-0.2, 0) is 9.59 Å². The monoisotopic (exact) mass is 182 g/mol. The normalized spacial score (nSPS) is 36.0. The maximum absolute atomic E-state index is 11.0. The summed E-state index contributed by atoms with van der Waals surface area (Å²) in [6.07, 6.45) is 3.37. The summed E-state index contributed by atoms with van der Waals surface area (Å²) in [6.45, 7) is 0. The minimum absolute atomic E-state index is 0.0938. The van der Waals surface area contributed by atoms with E-state index < -0.39 is 17.4 Å². The lowest BCUT2D eigenvalue weighted by molar-refractivity contribution is -0.149. The molecule has 4 nitrogen and oxygen atoms in total. The van der Waals surface area contributed by atoms with Crippen molar-refractivity contribution >= 4 is 11.9 Å². The van der Waals surface area contributed by atoms with Gasteiger partial charge in [-0.25, -0.2) is 4.79 Å². The molecule has 0 radical (unpaired) electrons. The van der Waals surface area contributed by atoms with Crippen LogP contribution < -0.4 is 0 Å². The first kappa shape index (κ1) is 8.29. The Morgan fingerprint density at radius 1 is 1.46 bits per heavy atom. The molecule has 0 amide bonds. The Kier molecular flexibility index (Phi) is 1.49. The van der Waals surface area contributed by atoms with Gasteiger partial charge in [0.1, 0.15) is 5.41 Å². The third kappa shape index (κ3) is 0.913. The number of hydrogen-bond acceptors (Lipinski definition) is 2. The Morgan fingerprint density at radius 3 is 2.54 bits per heavy atom. The first-order valence-corrected chi connectivity index (χ1v) is 4.25. The van der Waals surface area contributed by atoms with Gasteiger partial charge in [0.05, 0.1) is 5.57 Å². The molecule has 0 aliphatic heterocycles. The molecular weight excluding hydrogens is 172 g/mol. The summed E-state index contributed by atoms with van der Waals surface area (Å²) >= 11 is 0. The SMILES string of the molecule is O=C(O)C1=CC2CCC1(C(=O)O)C2. The van der Waals surface area contributed by atoms with E-state index in [1.165, 1.54) is 0 Å². The Hall–Kier alpha value is -1.32. The largest absolute Gasteiger partial charge is 0.481 e. The van der Waals surface area contributed by atoms with Gasteiger partial charge in [-0.15, -0.1) is 0 Å². The highest BCUT2D eigenvalue weighted by Gasteiger charge is 2.54. The molecule has 1 saturated carbocycles. The molecule has 0 aromatic heterocycles. The van der Waals surface area contributed by atoms with E-state index in [4.69, 9.17) is 10.2 Å². The number of carboxylic acid groups (broad SMARTS) is 2. The van der Waals surface area contributed by atoms with Gasteiger partial charge in [0.25, 0.3) is 0 Å². The fourth-order valence-electron chi connectivity index (χ4n) is 2.45. The zero-order chi connectivity index (χ0) is 9.64. The zero-order valence-electron chi connectivity index (χ0n) is 6.99. The van der Waals surface area contributed by atoms with E-state index in [-0.39, 0.29) is 11.5 Å². The van der Waals surface area contributed by atoms with Crippen molar-refractivity contribution in [2.75, 3.05) is 0 Å². The molecule has 2 unspecified atom stereocenters. The van der Waals surface area contributed by atoms with Crippen LogP contribution in [-0.4, -0.2) is 22.2 Å². The third-order valence-corrected chi connectivity index (χ3v) is 3.11. The van der Waals surface area contributed by atoms with Crippen molar-refractivity contribution in [2.45, 2.75) is 19.3 Å². The van der Waals surface area contributed by atoms with E-state index >= 15 is 0 Å². The summed E-state index contributed by atoms with van der Waals surface area (Å²) < 4.78 is 0. The summed E-state index contributed by atoms with van der Waals surface area (Å²) in [5, 5.41) is 17.8. The average Bonchev–Trinajstić information content (AvgIpc) is 2.60. The predicted octanol–water partition coefficient (Wildman–Crippen LogP) is 0.882.